The fourth-order valence-corrected chi connectivity index (χ4v) is 4.46. The summed E-state index contributed by atoms with van der Waals surface area (Å²) < 4.78 is 9.16. The Kier molecular flexibility index (Phi) is 5.53. The Balaban J connectivity index is 1.35. The van der Waals surface area contributed by atoms with E-state index in [0.717, 1.165) is 35.9 Å². The second-order valence-electron chi connectivity index (χ2n) is 8.92. The highest BCUT2D eigenvalue weighted by Gasteiger charge is 2.25. The van der Waals surface area contributed by atoms with Crippen LogP contribution in [0, 0.1) is 0 Å². The topological polar surface area (TPSA) is 116 Å². The predicted octanol–water partition coefficient (Wildman–Crippen LogP) is 0.809. The molecule has 1 atom stereocenters. The third kappa shape index (κ3) is 4.24. The average Bonchev–Trinajstić information content (AvgIpc) is 3.63. The maximum Gasteiger partial charge on any atom is 0.160 e. The smallest absolute Gasteiger partial charge is 0.160 e. The fraction of sp³-hybridized carbons (Fsp3) is 0.292. The minimum absolute atomic E-state index is 0.203. The van der Waals surface area contributed by atoms with Gasteiger partial charge in [0.2, 0.25) is 0 Å². The summed E-state index contributed by atoms with van der Waals surface area (Å²) in [6.45, 7) is 2.79. The molecular weight excluding hydrogens is 459 g/mol. The zero-order chi connectivity index (χ0) is 24.9. The van der Waals surface area contributed by atoms with Crippen molar-refractivity contribution >= 4 is 25.1 Å². The van der Waals surface area contributed by atoms with Crippen LogP contribution >= 0.6 is 0 Å². The molecule has 1 unspecified atom stereocenters. The number of ether oxygens (including phenoxy) is 1. The predicted molar refractivity (Wildman–Crippen MR) is 134 cm³/mol. The third-order valence-electron chi connectivity index (χ3n) is 6.33. The van der Waals surface area contributed by atoms with Gasteiger partial charge in [0.15, 0.2) is 19.3 Å². The van der Waals surface area contributed by atoms with E-state index in [-0.39, 0.29) is 11.6 Å². The van der Waals surface area contributed by atoms with Crippen molar-refractivity contribution in [3.8, 4) is 11.4 Å². The number of aryl methyl sites for hydroxylation is 1. The summed E-state index contributed by atoms with van der Waals surface area (Å²) in [4.78, 5) is 7.11. The number of morpholine rings is 1. The molecule has 11 nitrogen and oxygen atoms in total. The number of benzene rings is 1. The fourth-order valence-electron chi connectivity index (χ4n) is 4.46. The molecule has 12 heteroatoms. The Morgan fingerprint density at radius 1 is 1.08 bits per heavy atom. The van der Waals surface area contributed by atoms with E-state index in [2.05, 4.69) is 15.4 Å². The number of hydrazine groups is 1. The normalized spacial score (nSPS) is 18.5. The van der Waals surface area contributed by atoms with Gasteiger partial charge >= 0.3 is 0 Å². The second-order valence-corrected chi connectivity index (χ2v) is 8.92. The van der Waals surface area contributed by atoms with Gasteiger partial charge in [0.05, 0.1) is 19.3 Å². The van der Waals surface area contributed by atoms with Gasteiger partial charge in [0.1, 0.15) is 22.9 Å². The molecule has 2 radical (unpaired) electrons. The van der Waals surface area contributed by atoms with Gasteiger partial charge in [-0.2, -0.15) is 14.7 Å². The Morgan fingerprint density at radius 3 is 2.67 bits per heavy atom. The molecule has 5 heterocycles. The first kappa shape index (κ1) is 22.7. The zero-order valence-corrected chi connectivity index (χ0v) is 19.7. The van der Waals surface area contributed by atoms with Gasteiger partial charge in [-0.3, -0.25) is 9.69 Å². The van der Waals surface area contributed by atoms with Crippen LogP contribution in [0.3, 0.4) is 0 Å². The number of hydrogen-bond acceptors (Lipinski definition) is 9. The Bertz CT molecular complexity index is 1440. The summed E-state index contributed by atoms with van der Waals surface area (Å²) in [6.07, 6.45) is 5.77. The Morgan fingerprint density at radius 2 is 1.92 bits per heavy atom. The van der Waals surface area contributed by atoms with E-state index in [1.807, 2.05) is 59.3 Å². The summed E-state index contributed by atoms with van der Waals surface area (Å²) in [6, 6.07) is 12.5. The lowest BCUT2D eigenvalue weighted by atomic mass is 9.86. The van der Waals surface area contributed by atoms with E-state index in [1.165, 1.54) is 0 Å². The van der Waals surface area contributed by atoms with Crippen LogP contribution < -0.4 is 15.3 Å². The van der Waals surface area contributed by atoms with Crippen molar-refractivity contribution in [2.24, 2.45) is 7.05 Å². The molecule has 2 aliphatic heterocycles. The van der Waals surface area contributed by atoms with E-state index in [0.29, 0.717) is 24.7 Å². The van der Waals surface area contributed by atoms with Gasteiger partial charge in [0.25, 0.3) is 0 Å². The molecule has 0 bridgehead atoms. The molecule has 3 N–H and O–H groups in total. The first-order valence-electron chi connectivity index (χ1n) is 11.7. The maximum atomic E-state index is 9.77. The van der Waals surface area contributed by atoms with E-state index in [4.69, 9.17) is 22.7 Å². The molecule has 36 heavy (non-hydrogen) atoms. The molecule has 0 saturated carbocycles. The molecule has 3 aromatic heterocycles. The largest absolute Gasteiger partial charge is 0.378 e. The highest BCUT2D eigenvalue weighted by molar-refractivity contribution is 6.13. The van der Waals surface area contributed by atoms with E-state index in [9.17, 15) is 10.2 Å². The number of nitrogens with one attached hydrogen (secondary N) is 1. The van der Waals surface area contributed by atoms with Gasteiger partial charge in [-0.15, -0.1) is 0 Å². The van der Waals surface area contributed by atoms with E-state index >= 15 is 0 Å². The van der Waals surface area contributed by atoms with Gasteiger partial charge in [0, 0.05) is 44.7 Å². The number of anilines is 2. The lowest BCUT2D eigenvalue weighted by Crippen LogP contribution is -2.38. The monoisotopic (exact) mass is 484 g/mol. The van der Waals surface area contributed by atoms with Crippen molar-refractivity contribution in [2.75, 3.05) is 36.2 Å². The number of aliphatic hydroxyl groups is 2. The molecule has 2 aliphatic rings. The van der Waals surface area contributed by atoms with E-state index < -0.39 is 5.69 Å². The lowest BCUT2D eigenvalue weighted by molar-refractivity contribution is -0.0910. The Hall–Kier alpha value is -3.71. The molecule has 182 valence electrons. The summed E-state index contributed by atoms with van der Waals surface area (Å²) in [5.74, 6) is 1.61. The molecule has 0 spiro atoms. The minimum atomic E-state index is -2.40. The van der Waals surface area contributed by atoms with Crippen LogP contribution in [0.5, 0.6) is 0 Å². The van der Waals surface area contributed by atoms with Gasteiger partial charge in [-0.05, 0) is 29.3 Å². The highest BCUT2D eigenvalue weighted by atomic mass is 16.5. The average molecular weight is 484 g/mol. The molecule has 4 aromatic rings. The quantitative estimate of drug-likeness (QED) is 0.280. The molecule has 1 fully saturated rings. The lowest BCUT2D eigenvalue weighted by Gasteiger charge is -2.30. The minimum Gasteiger partial charge on any atom is -0.378 e. The number of hydrogen-bond donors (Lipinski definition) is 3. The summed E-state index contributed by atoms with van der Waals surface area (Å²) in [5.41, 5.74) is 4.27. The van der Waals surface area contributed by atoms with Gasteiger partial charge in [-0.25, -0.2) is 10.4 Å². The Labute approximate surface area is 208 Å². The van der Waals surface area contributed by atoms with Crippen molar-refractivity contribution in [3.05, 3.63) is 72.1 Å². The van der Waals surface area contributed by atoms with Crippen LogP contribution in [-0.4, -0.2) is 68.7 Å². The van der Waals surface area contributed by atoms with Crippen molar-refractivity contribution in [1.82, 2.24) is 29.8 Å². The maximum absolute atomic E-state index is 9.77. The van der Waals surface area contributed by atoms with Crippen molar-refractivity contribution in [2.45, 2.75) is 11.7 Å². The zero-order valence-electron chi connectivity index (χ0n) is 19.7. The van der Waals surface area contributed by atoms with Crippen LogP contribution in [0.4, 0.5) is 11.6 Å². The van der Waals surface area contributed by atoms with E-state index in [1.54, 1.807) is 22.9 Å². The first-order valence-corrected chi connectivity index (χ1v) is 11.7. The standard InChI is InChI=1S/C24H25BN8O3/c1-30-7-5-19(27-30)20-14-22-26-21(15-23(33(22)29-20)31-9-11-36-12-10-31)32-8-6-18(28-32)16-3-2-4-17(13-16)24(25,34)35/h2-8,13-15,18,28,34-35H,9-12H2,1H3. The van der Waals surface area contributed by atoms with Crippen molar-refractivity contribution in [1.29, 1.82) is 0 Å². The molecule has 0 amide bonds. The van der Waals surface area contributed by atoms with Crippen LogP contribution in [0.2, 0.25) is 0 Å². The van der Waals surface area contributed by atoms with Crippen molar-refractivity contribution < 1.29 is 14.9 Å². The van der Waals surface area contributed by atoms with Crippen LogP contribution in [0.15, 0.2) is 60.9 Å². The van der Waals surface area contributed by atoms with Crippen molar-refractivity contribution in [3.63, 3.8) is 0 Å². The molecular formula is C24H25BN8O3. The first-order chi connectivity index (χ1) is 17.3. The van der Waals surface area contributed by atoms with Gasteiger partial charge < -0.3 is 19.8 Å². The van der Waals surface area contributed by atoms with Gasteiger partial charge in [-0.1, -0.05) is 18.2 Å². The molecule has 1 saturated heterocycles. The number of fused-ring (bicyclic) bond motifs is 1. The number of aromatic nitrogens is 5. The summed E-state index contributed by atoms with van der Waals surface area (Å²) in [7, 11) is 7.33. The molecule has 6 rings (SSSR count). The summed E-state index contributed by atoms with van der Waals surface area (Å²) in [5, 5.41) is 30.7. The second kappa shape index (κ2) is 8.75. The molecule has 0 aliphatic carbocycles. The number of rotatable bonds is 5. The van der Waals surface area contributed by atoms with Crippen LogP contribution in [0.25, 0.3) is 17.0 Å². The van der Waals surface area contributed by atoms with Crippen LogP contribution in [-0.2, 0) is 17.5 Å². The number of nitrogens with zero attached hydrogens (tertiary/aromatic N) is 7. The SMILES string of the molecule is [B]C(O)(O)c1cccc(C2C=CN(c3cc(N4CCOCC4)n4nc(-c5ccn(C)n5)cc4n3)N2)c1. The highest BCUT2D eigenvalue weighted by Crippen LogP contribution is 2.30. The summed E-state index contributed by atoms with van der Waals surface area (Å²) >= 11 is 0. The molecule has 1 aromatic carbocycles. The van der Waals surface area contributed by atoms with Crippen LogP contribution in [0.1, 0.15) is 17.2 Å². The third-order valence-corrected chi connectivity index (χ3v) is 6.33.